The lowest BCUT2D eigenvalue weighted by molar-refractivity contribution is -0.147. The number of ketones is 1. The molecule has 0 aromatic heterocycles. The molecule has 134 valence electrons. The van der Waals surface area contributed by atoms with Crippen molar-refractivity contribution in [1.29, 1.82) is 0 Å². The van der Waals surface area contributed by atoms with Crippen molar-refractivity contribution in [3.63, 3.8) is 0 Å². The number of hydrogen-bond donors (Lipinski definition) is 0. The van der Waals surface area contributed by atoms with Crippen molar-refractivity contribution in [3.05, 3.63) is 70.7 Å². The van der Waals surface area contributed by atoms with E-state index in [1.54, 1.807) is 41.3 Å². The molecule has 1 aliphatic rings. The third-order valence-corrected chi connectivity index (χ3v) is 4.68. The summed E-state index contributed by atoms with van der Waals surface area (Å²) < 4.78 is 5.12. The number of rotatable bonds is 6. The molecule has 0 N–H and O–H groups in total. The predicted octanol–water partition coefficient (Wildman–Crippen LogP) is 3.11. The van der Waals surface area contributed by atoms with Crippen LogP contribution in [0.25, 0.3) is 0 Å². The zero-order valence-corrected chi connectivity index (χ0v) is 14.8. The van der Waals surface area contributed by atoms with Gasteiger partial charge in [-0.05, 0) is 11.6 Å². The fourth-order valence-corrected chi connectivity index (χ4v) is 3.07. The fraction of sp³-hybridized carbons (Fsp3) is 0.250. The highest BCUT2D eigenvalue weighted by molar-refractivity contribution is 6.31. The van der Waals surface area contributed by atoms with E-state index in [0.29, 0.717) is 17.1 Å². The van der Waals surface area contributed by atoms with Gasteiger partial charge >= 0.3 is 5.97 Å². The number of carbonyl (C=O) groups is 3. The van der Waals surface area contributed by atoms with Gasteiger partial charge < -0.3 is 9.64 Å². The monoisotopic (exact) mass is 371 g/mol. The van der Waals surface area contributed by atoms with Gasteiger partial charge in [-0.1, -0.05) is 60.1 Å². The zero-order valence-electron chi connectivity index (χ0n) is 14.1. The van der Waals surface area contributed by atoms with E-state index in [4.69, 9.17) is 16.3 Å². The molecular weight excluding hydrogens is 354 g/mol. The van der Waals surface area contributed by atoms with E-state index in [2.05, 4.69) is 0 Å². The summed E-state index contributed by atoms with van der Waals surface area (Å²) in [5, 5.41) is 0.583. The molecule has 1 fully saturated rings. The Labute approximate surface area is 156 Å². The highest BCUT2D eigenvalue weighted by Crippen LogP contribution is 2.24. The van der Waals surface area contributed by atoms with Gasteiger partial charge in [-0.3, -0.25) is 14.4 Å². The van der Waals surface area contributed by atoms with Crippen LogP contribution in [0.1, 0.15) is 22.3 Å². The molecule has 0 aliphatic carbocycles. The average molecular weight is 372 g/mol. The van der Waals surface area contributed by atoms with Gasteiger partial charge in [0.1, 0.15) is 0 Å². The quantitative estimate of drug-likeness (QED) is 0.578. The third kappa shape index (κ3) is 4.29. The number of carbonyl (C=O) groups excluding carboxylic acids is 3. The molecule has 1 heterocycles. The minimum Gasteiger partial charge on any atom is -0.457 e. The van der Waals surface area contributed by atoms with Gasteiger partial charge in [-0.15, -0.1) is 0 Å². The molecule has 26 heavy (non-hydrogen) atoms. The second-order valence-electron chi connectivity index (χ2n) is 6.16. The number of ether oxygens (including phenoxy) is 1. The fourth-order valence-electron chi connectivity index (χ4n) is 2.88. The Morgan fingerprint density at radius 1 is 1.08 bits per heavy atom. The highest BCUT2D eigenvalue weighted by Gasteiger charge is 2.35. The van der Waals surface area contributed by atoms with Crippen LogP contribution < -0.4 is 0 Å². The Hall–Kier alpha value is -2.66. The molecule has 3 rings (SSSR count). The maximum atomic E-state index is 12.2. The van der Waals surface area contributed by atoms with Crippen molar-refractivity contribution in [1.82, 2.24) is 4.90 Å². The summed E-state index contributed by atoms with van der Waals surface area (Å²) in [5.74, 6) is -1.48. The van der Waals surface area contributed by atoms with E-state index in [0.717, 1.165) is 5.56 Å². The first kappa shape index (κ1) is 18.1. The Kier molecular flexibility index (Phi) is 5.68. The van der Waals surface area contributed by atoms with Gasteiger partial charge in [-0.25, -0.2) is 0 Å². The van der Waals surface area contributed by atoms with Crippen molar-refractivity contribution in [2.45, 2.75) is 13.0 Å². The summed E-state index contributed by atoms with van der Waals surface area (Å²) in [6.45, 7) is 0.297. The van der Waals surface area contributed by atoms with Gasteiger partial charge in [0.15, 0.2) is 12.4 Å². The minimum atomic E-state index is -0.562. The summed E-state index contributed by atoms with van der Waals surface area (Å²) in [6, 6.07) is 15.9. The molecule has 1 amide bonds. The molecule has 0 unspecified atom stereocenters. The molecule has 0 spiro atoms. The number of esters is 1. The molecular formula is C20H18ClNO4. The van der Waals surface area contributed by atoms with Gasteiger partial charge in [-0.2, -0.15) is 0 Å². The maximum absolute atomic E-state index is 12.2. The molecule has 6 heteroatoms. The lowest BCUT2D eigenvalue weighted by Gasteiger charge is -2.17. The van der Waals surface area contributed by atoms with E-state index in [1.165, 1.54) is 0 Å². The van der Waals surface area contributed by atoms with Crippen LogP contribution in [-0.4, -0.2) is 35.7 Å². The smallest absolute Gasteiger partial charge is 0.311 e. The topological polar surface area (TPSA) is 63.7 Å². The average Bonchev–Trinajstić information content (AvgIpc) is 3.02. The first-order valence-corrected chi connectivity index (χ1v) is 8.68. The second-order valence-corrected chi connectivity index (χ2v) is 6.57. The van der Waals surface area contributed by atoms with Crippen LogP contribution in [0.2, 0.25) is 5.02 Å². The van der Waals surface area contributed by atoms with E-state index >= 15 is 0 Å². The van der Waals surface area contributed by atoms with Crippen molar-refractivity contribution in [3.8, 4) is 0 Å². The molecule has 0 radical (unpaired) electrons. The zero-order chi connectivity index (χ0) is 18.5. The van der Waals surface area contributed by atoms with E-state index in [9.17, 15) is 14.4 Å². The van der Waals surface area contributed by atoms with Gasteiger partial charge in [0.05, 0.1) is 5.92 Å². The number of benzene rings is 2. The molecule has 0 saturated carbocycles. The highest BCUT2D eigenvalue weighted by atomic mass is 35.5. The first-order valence-electron chi connectivity index (χ1n) is 8.30. The summed E-state index contributed by atoms with van der Waals surface area (Å²) >= 11 is 6.13. The van der Waals surface area contributed by atoms with E-state index in [1.807, 2.05) is 18.2 Å². The van der Waals surface area contributed by atoms with Crippen molar-refractivity contribution >= 4 is 29.3 Å². The number of halogens is 1. The van der Waals surface area contributed by atoms with Crippen molar-refractivity contribution in [2.75, 3.05) is 13.2 Å². The first-order chi connectivity index (χ1) is 12.5. The second kappa shape index (κ2) is 8.15. The molecule has 5 nitrogen and oxygen atoms in total. The van der Waals surface area contributed by atoms with Gasteiger partial charge in [0.25, 0.3) is 0 Å². The van der Waals surface area contributed by atoms with Crippen LogP contribution in [0.15, 0.2) is 54.6 Å². The van der Waals surface area contributed by atoms with Gasteiger partial charge in [0.2, 0.25) is 5.91 Å². The molecule has 2 aromatic carbocycles. The van der Waals surface area contributed by atoms with Crippen molar-refractivity contribution < 1.29 is 19.1 Å². The lowest BCUT2D eigenvalue weighted by Crippen LogP contribution is -2.27. The number of likely N-dealkylation sites (tertiary alicyclic amines) is 1. The third-order valence-electron chi connectivity index (χ3n) is 4.31. The van der Waals surface area contributed by atoms with Crippen LogP contribution in [0.4, 0.5) is 0 Å². The van der Waals surface area contributed by atoms with Crippen LogP contribution in [0, 0.1) is 5.92 Å². The Balaban J connectivity index is 1.54. The minimum absolute atomic E-state index is 0.0861. The number of amides is 1. The molecule has 2 aromatic rings. The largest absolute Gasteiger partial charge is 0.457 e. The maximum Gasteiger partial charge on any atom is 0.311 e. The summed E-state index contributed by atoms with van der Waals surface area (Å²) in [6.07, 6.45) is 0.0861. The van der Waals surface area contributed by atoms with Crippen molar-refractivity contribution in [2.24, 2.45) is 5.92 Å². The summed E-state index contributed by atoms with van der Waals surface area (Å²) in [4.78, 5) is 38.0. The van der Waals surface area contributed by atoms with Crippen LogP contribution in [0.3, 0.4) is 0 Å². The molecule has 1 saturated heterocycles. The standard InChI is InChI=1S/C20H18ClNO4/c21-17-9-5-4-8-15(17)11-22-12-16(10-19(22)24)20(25)26-13-18(23)14-6-2-1-3-7-14/h1-9,16H,10-13H2/t16-/m0/s1. The van der Waals surface area contributed by atoms with Crippen LogP contribution in [0.5, 0.6) is 0 Å². The van der Waals surface area contributed by atoms with E-state index in [-0.39, 0.29) is 31.3 Å². The molecule has 1 aliphatic heterocycles. The summed E-state index contributed by atoms with van der Waals surface area (Å²) in [7, 11) is 0. The lowest BCUT2D eigenvalue weighted by atomic mass is 10.1. The molecule has 0 bridgehead atoms. The van der Waals surface area contributed by atoms with Gasteiger partial charge in [0, 0.05) is 30.1 Å². The number of Topliss-reactive ketones (excluding diaryl/α,β-unsaturated/α-hetero) is 1. The predicted molar refractivity (Wildman–Crippen MR) is 96.7 cm³/mol. The Bertz CT molecular complexity index is 822. The Morgan fingerprint density at radius 3 is 2.50 bits per heavy atom. The van der Waals surface area contributed by atoms with E-state index < -0.39 is 11.9 Å². The normalized spacial score (nSPS) is 16.6. The SMILES string of the molecule is O=C(COC(=O)[C@H]1CC(=O)N(Cc2ccccc2Cl)C1)c1ccccc1. The van der Waals surface area contributed by atoms with Crippen LogP contribution in [-0.2, 0) is 20.9 Å². The Morgan fingerprint density at radius 2 is 1.77 bits per heavy atom. The van der Waals surface area contributed by atoms with Crippen LogP contribution >= 0.6 is 11.6 Å². The summed E-state index contributed by atoms with van der Waals surface area (Å²) in [5.41, 5.74) is 1.32. The number of nitrogens with zero attached hydrogens (tertiary/aromatic N) is 1. The number of hydrogen-bond acceptors (Lipinski definition) is 4. The molecule has 1 atom stereocenters.